The number of methoxy groups -OCH3 is 1. The second-order valence-electron chi connectivity index (χ2n) is 3.82. The Morgan fingerprint density at radius 1 is 1.50 bits per heavy atom. The van der Waals surface area contributed by atoms with E-state index in [0.29, 0.717) is 16.8 Å². The van der Waals surface area contributed by atoms with Crippen LogP contribution in [-0.4, -0.2) is 32.3 Å². The predicted molar refractivity (Wildman–Crippen MR) is 69.1 cm³/mol. The third kappa shape index (κ3) is 5.46. The molecule has 4 nitrogen and oxygen atoms in total. The molecule has 6 heteroatoms. The van der Waals surface area contributed by atoms with Crippen LogP contribution in [0.5, 0.6) is 5.75 Å². The summed E-state index contributed by atoms with van der Waals surface area (Å²) >= 11 is 3.14. The van der Waals surface area contributed by atoms with Gasteiger partial charge in [-0.3, -0.25) is 4.79 Å². The van der Waals surface area contributed by atoms with Crippen LogP contribution in [0.25, 0.3) is 0 Å². The summed E-state index contributed by atoms with van der Waals surface area (Å²) in [6.45, 7) is 2.08. The molecule has 0 aromatic heterocycles. The summed E-state index contributed by atoms with van der Waals surface area (Å²) in [5, 5.41) is 2.69. The van der Waals surface area contributed by atoms with Gasteiger partial charge in [-0.2, -0.15) is 0 Å². The number of halogens is 2. The Kier molecular flexibility index (Phi) is 6.07. The standard InChI is InChI=1S/C12H15BrFNO3/c1-8(6-17-2)15-12(16)7-18-11-4-9(13)3-10(14)5-11/h3-5,8H,6-7H2,1-2H3,(H,15,16). The topological polar surface area (TPSA) is 47.6 Å². The van der Waals surface area contributed by atoms with E-state index in [1.54, 1.807) is 13.2 Å². The van der Waals surface area contributed by atoms with Gasteiger partial charge in [-0.15, -0.1) is 0 Å². The molecule has 0 spiro atoms. The van der Waals surface area contributed by atoms with E-state index < -0.39 is 5.82 Å². The first-order valence-electron chi connectivity index (χ1n) is 5.38. The van der Waals surface area contributed by atoms with E-state index in [2.05, 4.69) is 21.2 Å². The molecule has 18 heavy (non-hydrogen) atoms. The van der Waals surface area contributed by atoms with Gasteiger partial charge < -0.3 is 14.8 Å². The molecular weight excluding hydrogens is 305 g/mol. The highest BCUT2D eigenvalue weighted by Crippen LogP contribution is 2.20. The maximum absolute atomic E-state index is 13.0. The fourth-order valence-electron chi connectivity index (χ4n) is 1.37. The van der Waals surface area contributed by atoms with Crippen molar-refractivity contribution in [1.82, 2.24) is 5.32 Å². The second-order valence-corrected chi connectivity index (χ2v) is 4.73. The molecule has 0 saturated heterocycles. The maximum Gasteiger partial charge on any atom is 0.258 e. The molecule has 0 aliphatic heterocycles. The number of carbonyl (C=O) groups excluding carboxylic acids is 1. The van der Waals surface area contributed by atoms with Crippen molar-refractivity contribution >= 4 is 21.8 Å². The van der Waals surface area contributed by atoms with Crippen molar-refractivity contribution in [2.24, 2.45) is 0 Å². The third-order valence-corrected chi connectivity index (χ3v) is 2.49. The summed E-state index contributed by atoms with van der Waals surface area (Å²) in [4.78, 5) is 11.5. The van der Waals surface area contributed by atoms with Gasteiger partial charge in [0.15, 0.2) is 6.61 Å². The van der Waals surface area contributed by atoms with E-state index in [1.807, 2.05) is 6.92 Å². The lowest BCUT2D eigenvalue weighted by molar-refractivity contribution is -0.124. The minimum Gasteiger partial charge on any atom is -0.484 e. The van der Waals surface area contributed by atoms with Crippen molar-refractivity contribution in [2.45, 2.75) is 13.0 Å². The summed E-state index contributed by atoms with van der Waals surface area (Å²) < 4.78 is 23.7. The quantitative estimate of drug-likeness (QED) is 0.873. The van der Waals surface area contributed by atoms with Crippen LogP contribution in [0.1, 0.15) is 6.92 Å². The van der Waals surface area contributed by atoms with Crippen molar-refractivity contribution in [3.8, 4) is 5.75 Å². The first kappa shape index (κ1) is 14.9. The molecule has 1 atom stereocenters. The number of nitrogens with one attached hydrogen (secondary N) is 1. The highest BCUT2D eigenvalue weighted by molar-refractivity contribution is 9.10. The number of hydrogen-bond acceptors (Lipinski definition) is 3. The van der Waals surface area contributed by atoms with Crippen LogP contribution in [0.3, 0.4) is 0 Å². The first-order chi connectivity index (χ1) is 8.51. The summed E-state index contributed by atoms with van der Waals surface area (Å²) in [7, 11) is 1.56. The van der Waals surface area contributed by atoms with Gasteiger partial charge in [-0.25, -0.2) is 4.39 Å². The molecule has 1 aromatic rings. The molecule has 0 radical (unpaired) electrons. The van der Waals surface area contributed by atoms with Crippen LogP contribution in [0, 0.1) is 5.82 Å². The summed E-state index contributed by atoms with van der Waals surface area (Å²) in [5.41, 5.74) is 0. The number of hydrogen-bond donors (Lipinski definition) is 1. The SMILES string of the molecule is COCC(C)NC(=O)COc1cc(F)cc(Br)c1. The Morgan fingerprint density at radius 2 is 2.22 bits per heavy atom. The Hall–Kier alpha value is -1.14. The van der Waals surface area contributed by atoms with Gasteiger partial charge in [0.25, 0.3) is 5.91 Å². The van der Waals surface area contributed by atoms with E-state index in [1.165, 1.54) is 12.1 Å². The van der Waals surface area contributed by atoms with Crippen LogP contribution in [0.15, 0.2) is 22.7 Å². The fourth-order valence-corrected chi connectivity index (χ4v) is 1.81. The molecule has 1 unspecified atom stereocenters. The van der Waals surface area contributed by atoms with Crippen molar-refractivity contribution < 1.29 is 18.7 Å². The van der Waals surface area contributed by atoms with E-state index in [4.69, 9.17) is 9.47 Å². The van der Waals surface area contributed by atoms with Gasteiger partial charge in [0, 0.05) is 23.7 Å². The van der Waals surface area contributed by atoms with Gasteiger partial charge in [-0.1, -0.05) is 15.9 Å². The lowest BCUT2D eigenvalue weighted by Crippen LogP contribution is -2.38. The molecule has 0 aliphatic carbocycles. The normalized spacial score (nSPS) is 12.0. The molecule has 0 saturated carbocycles. The van der Waals surface area contributed by atoms with Crippen LogP contribution >= 0.6 is 15.9 Å². The average Bonchev–Trinajstić information content (AvgIpc) is 2.25. The zero-order chi connectivity index (χ0) is 13.5. The zero-order valence-electron chi connectivity index (χ0n) is 10.2. The lowest BCUT2D eigenvalue weighted by atomic mass is 10.3. The van der Waals surface area contributed by atoms with Crippen molar-refractivity contribution in [3.05, 3.63) is 28.5 Å². The van der Waals surface area contributed by atoms with Crippen molar-refractivity contribution in [1.29, 1.82) is 0 Å². The Balaban J connectivity index is 2.42. The molecule has 1 aromatic carbocycles. The van der Waals surface area contributed by atoms with Gasteiger partial charge in [0.05, 0.1) is 6.61 Å². The summed E-state index contributed by atoms with van der Waals surface area (Å²) in [6, 6.07) is 4.03. The van der Waals surface area contributed by atoms with Crippen LogP contribution < -0.4 is 10.1 Å². The largest absolute Gasteiger partial charge is 0.484 e. The monoisotopic (exact) mass is 319 g/mol. The van der Waals surface area contributed by atoms with Gasteiger partial charge in [-0.05, 0) is 19.1 Å². The maximum atomic E-state index is 13.0. The van der Waals surface area contributed by atoms with E-state index in [-0.39, 0.29) is 18.6 Å². The number of ether oxygens (including phenoxy) is 2. The summed E-state index contributed by atoms with van der Waals surface area (Å²) in [6.07, 6.45) is 0. The lowest BCUT2D eigenvalue weighted by Gasteiger charge is -2.13. The number of benzene rings is 1. The number of rotatable bonds is 6. The highest BCUT2D eigenvalue weighted by Gasteiger charge is 2.08. The van der Waals surface area contributed by atoms with E-state index in [9.17, 15) is 9.18 Å². The molecular formula is C12H15BrFNO3. The van der Waals surface area contributed by atoms with E-state index >= 15 is 0 Å². The third-order valence-electron chi connectivity index (χ3n) is 2.03. The Labute approximate surface area is 114 Å². The Morgan fingerprint density at radius 3 is 2.83 bits per heavy atom. The number of carbonyl (C=O) groups is 1. The predicted octanol–water partition coefficient (Wildman–Crippen LogP) is 2.12. The van der Waals surface area contributed by atoms with Gasteiger partial charge in [0.1, 0.15) is 11.6 Å². The minimum absolute atomic E-state index is 0.0923. The molecule has 0 bridgehead atoms. The van der Waals surface area contributed by atoms with Crippen LogP contribution in [-0.2, 0) is 9.53 Å². The second kappa shape index (κ2) is 7.33. The molecule has 1 rings (SSSR count). The molecule has 100 valence electrons. The van der Waals surface area contributed by atoms with Crippen LogP contribution in [0.2, 0.25) is 0 Å². The Bertz CT molecular complexity index is 394. The zero-order valence-corrected chi connectivity index (χ0v) is 11.8. The minimum atomic E-state index is -0.424. The van der Waals surface area contributed by atoms with Gasteiger partial charge in [0.2, 0.25) is 0 Å². The smallest absolute Gasteiger partial charge is 0.258 e. The van der Waals surface area contributed by atoms with E-state index in [0.717, 1.165) is 0 Å². The average molecular weight is 320 g/mol. The fraction of sp³-hybridized carbons (Fsp3) is 0.417. The highest BCUT2D eigenvalue weighted by atomic mass is 79.9. The molecule has 1 N–H and O–H groups in total. The summed E-state index contributed by atoms with van der Waals surface area (Å²) in [5.74, 6) is -0.399. The molecule has 0 heterocycles. The van der Waals surface area contributed by atoms with Crippen molar-refractivity contribution in [2.75, 3.05) is 20.3 Å². The van der Waals surface area contributed by atoms with Crippen molar-refractivity contribution in [3.63, 3.8) is 0 Å². The molecule has 0 aliphatic rings. The number of amides is 1. The first-order valence-corrected chi connectivity index (χ1v) is 6.17. The van der Waals surface area contributed by atoms with Gasteiger partial charge >= 0.3 is 0 Å². The van der Waals surface area contributed by atoms with Crippen LogP contribution in [0.4, 0.5) is 4.39 Å². The molecule has 0 fully saturated rings. The molecule has 1 amide bonds.